The highest BCUT2D eigenvalue weighted by Crippen LogP contribution is 2.19. The maximum Gasteiger partial charge on any atom is 0.229 e. The van der Waals surface area contributed by atoms with Crippen LogP contribution in [0, 0.1) is 5.92 Å². The molecule has 2 aliphatic heterocycles. The van der Waals surface area contributed by atoms with Crippen molar-refractivity contribution in [3.63, 3.8) is 0 Å². The summed E-state index contributed by atoms with van der Waals surface area (Å²) in [5.74, 6) is 0.154. The molecule has 0 saturated carbocycles. The van der Waals surface area contributed by atoms with Gasteiger partial charge in [0.25, 0.3) is 0 Å². The Balaban J connectivity index is 1.99. The van der Waals surface area contributed by atoms with E-state index in [2.05, 4.69) is 5.32 Å². The van der Waals surface area contributed by atoms with E-state index in [1.807, 2.05) is 25.8 Å². The summed E-state index contributed by atoms with van der Waals surface area (Å²) in [6.45, 7) is 6.56. The predicted octanol–water partition coefficient (Wildman–Crippen LogP) is -0.143. The molecule has 5 heteroatoms. The highest BCUT2D eigenvalue weighted by atomic mass is 16.5. The van der Waals surface area contributed by atoms with Crippen LogP contribution in [0.1, 0.15) is 13.8 Å². The normalized spacial score (nSPS) is 38.4. The minimum Gasteiger partial charge on any atom is -0.379 e. The molecule has 0 aromatic heterocycles. The summed E-state index contributed by atoms with van der Waals surface area (Å²) in [4.78, 5) is 14.3. The Morgan fingerprint density at radius 3 is 2.47 bits per heavy atom. The van der Waals surface area contributed by atoms with Crippen LogP contribution in [-0.4, -0.2) is 62.4 Å². The van der Waals surface area contributed by atoms with Crippen LogP contribution < -0.4 is 5.32 Å². The van der Waals surface area contributed by atoms with Crippen molar-refractivity contribution >= 4 is 5.91 Å². The molecule has 1 amide bonds. The maximum atomic E-state index is 12.4. The Bertz CT molecular complexity index is 275. The van der Waals surface area contributed by atoms with Crippen molar-refractivity contribution in [3.8, 4) is 0 Å². The number of hydrogen-bond acceptors (Lipinski definition) is 4. The average Bonchev–Trinajstić information content (AvgIpc) is 2.74. The van der Waals surface area contributed by atoms with E-state index < -0.39 is 0 Å². The third kappa shape index (κ3) is 2.78. The summed E-state index contributed by atoms with van der Waals surface area (Å²) < 4.78 is 11.0. The molecular formula is C12H22N2O3. The van der Waals surface area contributed by atoms with E-state index in [1.54, 1.807) is 0 Å². The van der Waals surface area contributed by atoms with Crippen LogP contribution in [0.5, 0.6) is 0 Å². The van der Waals surface area contributed by atoms with Gasteiger partial charge < -0.3 is 19.7 Å². The Labute approximate surface area is 102 Å². The molecule has 4 atom stereocenters. The molecule has 98 valence electrons. The van der Waals surface area contributed by atoms with Crippen LogP contribution >= 0.6 is 0 Å². The fourth-order valence-electron chi connectivity index (χ4n) is 2.67. The van der Waals surface area contributed by atoms with Crippen molar-refractivity contribution < 1.29 is 14.3 Å². The molecule has 2 heterocycles. The number of nitrogens with one attached hydrogen (secondary N) is 1. The summed E-state index contributed by atoms with van der Waals surface area (Å²) in [5, 5.41) is 3.15. The van der Waals surface area contributed by atoms with Crippen molar-refractivity contribution in [1.82, 2.24) is 10.2 Å². The van der Waals surface area contributed by atoms with E-state index in [1.165, 1.54) is 0 Å². The van der Waals surface area contributed by atoms with Gasteiger partial charge in [-0.25, -0.2) is 0 Å². The summed E-state index contributed by atoms with van der Waals surface area (Å²) in [6.07, 6.45) is 0.246. The van der Waals surface area contributed by atoms with Crippen molar-refractivity contribution in [1.29, 1.82) is 0 Å². The highest BCUT2D eigenvalue weighted by molar-refractivity contribution is 5.80. The van der Waals surface area contributed by atoms with Crippen molar-refractivity contribution in [2.45, 2.75) is 32.1 Å². The van der Waals surface area contributed by atoms with Crippen LogP contribution in [0.2, 0.25) is 0 Å². The average molecular weight is 242 g/mol. The number of ether oxygens (including phenoxy) is 2. The van der Waals surface area contributed by atoms with E-state index >= 15 is 0 Å². The maximum absolute atomic E-state index is 12.4. The first-order valence-electron chi connectivity index (χ1n) is 6.31. The first-order chi connectivity index (χ1) is 8.11. The third-order valence-electron chi connectivity index (χ3n) is 3.50. The van der Waals surface area contributed by atoms with Gasteiger partial charge in [0.2, 0.25) is 5.91 Å². The second-order valence-electron chi connectivity index (χ2n) is 5.04. The lowest BCUT2D eigenvalue weighted by molar-refractivity contribution is -0.147. The van der Waals surface area contributed by atoms with Gasteiger partial charge in [-0.05, 0) is 20.9 Å². The molecule has 2 fully saturated rings. The van der Waals surface area contributed by atoms with Gasteiger partial charge in [-0.1, -0.05) is 0 Å². The molecule has 2 saturated heterocycles. The lowest BCUT2D eigenvalue weighted by atomic mass is 10.0. The van der Waals surface area contributed by atoms with Gasteiger partial charge in [-0.2, -0.15) is 0 Å². The third-order valence-corrected chi connectivity index (χ3v) is 3.50. The summed E-state index contributed by atoms with van der Waals surface area (Å²) in [5.41, 5.74) is 0. The monoisotopic (exact) mass is 242 g/mol. The molecule has 1 N–H and O–H groups in total. The van der Waals surface area contributed by atoms with Crippen LogP contribution in [0.15, 0.2) is 0 Å². The molecule has 2 rings (SSSR count). The zero-order valence-electron chi connectivity index (χ0n) is 10.8. The van der Waals surface area contributed by atoms with E-state index in [-0.39, 0.29) is 30.1 Å². The Morgan fingerprint density at radius 2 is 1.88 bits per heavy atom. The minimum absolute atomic E-state index is 0.0440. The SMILES string of the molecule is CNC1COCC1C(=O)N1CC(C)OC(C)C1. The van der Waals surface area contributed by atoms with Crippen LogP contribution in [0.4, 0.5) is 0 Å². The molecule has 17 heavy (non-hydrogen) atoms. The van der Waals surface area contributed by atoms with Crippen LogP contribution in [-0.2, 0) is 14.3 Å². The summed E-state index contributed by atoms with van der Waals surface area (Å²) >= 11 is 0. The van der Waals surface area contributed by atoms with Crippen LogP contribution in [0.3, 0.4) is 0 Å². The van der Waals surface area contributed by atoms with Gasteiger partial charge in [0, 0.05) is 19.1 Å². The van der Waals surface area contributed by atoms with Gasteiger partial charge in [-0.3, -0.25) is 4.79 Å². The minimum atomic E-state index is -0.0440. The van der Waals surface area contributed by atoms with Crippen molar-refractivity contribution in [2.24, 2.45) is 5.92 Å². The number of likely N-dealkylation sites (N-methyl/N-ethyl adjacent to an activating group) is 1. The van der Waals surface area contributed by atoms with Gasteiger partial charge in [0.1, 0.15) is 0 Å². The molecule has 0 aliphatic carbocycles. The fraction of sp³-hybridized carbons (Fsp3) is 0.917. The number of rotatable bonds is 2. The molecule has 2 aliphatic rings. The molecule has 0 aromatic rings. The number of morpholine rings is 1. The van der Waals surface area contributed by atoms with Crippen molar-refractivity contribution in [3.05, 3.63) is 0 Å². The van der Waals surface area contributed by atoms with E-state index in [9.17, 15) is 4.79 Å². The van der Waals surface area contributed by atoms with Crippen LogP contribution in [0.25, 0.3) is 0 Å². The summed E-state index contributed by atoms with van der Waals surface area (Å²) in [6, 6.07) is 0.149. The zero-order chi connectivity index (χ0) is 12.4. The van der Waals surface area contributed by atoms with Gasteiger partial charge in [0.15, 0.2) is 0 Å². The Kier molecular flexibility index (Phi) is 4.01. The number of amides is 1. The van der Waals surface area contributed by atoms with E-state index in [0.717, 1.165) is 0 Å². The quantitative estimate of drug-likeness (QED) is 0.732. The summed E-state index contributed by atoms with van der Waals surface area (Å²) in [7, 11) is 1.88. The number of hydrogen-bond donors (Lipinski definition) is 1. The largest absolute Gasteiger partial charge is 0.379 e. The molecule has 0 aromatic carbocycles. The number of nitrogens with zero attached hydrogens (tertiary/aromatic N) is 1. The topological polar surface area (TPSA) is 50.8 Å². The molecule has 0 spiro atoms. The molecular weight excluding hydrogens is 220 g/mol. The van der Waals surface area contributed by atoms with E-state index in [0.29, 0.717) is 26.3 Å². The second-order valence-corrected chi connectivity index (χ2v) is 5.04. The Morgan fingerprint density at radius 1 is 1.24 bits per heavy atom. The van der Waals surface area contributed by atoms with E-state index in [4.69, 9.17) is 9.47 Å². The lowest BCUT2D eigenvalue weighted by Crippen LogP contribution is -2.52. The molecule has 4 unspecified atom stereocenters. The van der Waals surface area contributed by atoms with Gasteiger partial charge in [0.05, 0.1) is 31.3 Å². The first kappa shape index (κ1) is 12.8. The number of carbonyl (C=O) groups excluding carboxylic acids is 1. The molecule has 0 radical (unpaired) electrons. The highest BCUT2D eigenvalue weighted by Gasteiger charge is 2.37. The molecule has 5 nitrogen and oxygen atoms in total. The molecule has 0 bridgehead atoms. The predicted molar refractivity (Wildman–Crippen MR) is 63.7 cm³/mol. The first-order valence-corrected chi connectivity index (χ1v) is 6.31. The van der Waals surface area contributed by atoms with Gasteiger partial charge in [-0.15, -0.1) is 0 Å². The second kappa shape index (κ2) is 5.33. The van der Waals surface area contributed by atoms with Crippen molar-refractivity contribution in [2.75, 3.05) is 33.4 Å². The lowest BCUT2D eigenvalue weighted by Gasteiger charge is -2.37. The van der Waals surface area contributed by atoms with Gasteiger partial charge >= 0.3 is 0 Å². The Hall–Kier alpha value is -0.650. The smallest absolute Gasteiger partial charge is 0.229 e. The number of carbonyl (C=O) groups is 1. The zero-order valence-corrected chi connectivity index (χ0v) is 10.8. The standard InChI is InChI=1S/C12H22N2O3/c1-8-4-14(5-9(2)17-8)12(15)10-6-16-7-11(10)13-3/h8-11,13H,4-7H2,1-3H3. The fourth-order valence-corrected chi connectivity index (χ4v) is 2.67.